The Morgan fingerprint density at radius 2 is 2.00 bits per heavy atom. The molecule has 0 unspecified atom stereocenters. The number of carbonyl (C=O) groups is 1. The summed E-state index contributed by atoms with van der Waals surface area (Å²) in [7, 11) is 1.31. The topological polar surface area (TPSA) is 96.5 Å². The molecule has 1 heterocycles. The van der Waals surface area contributed by atoms with Gasteiger partial charge in [-0.2, -0.15) is 5.10 Å². The zero-order chi connectivity index (χ0) is 18.5. The number of ether oxygens (including phenoxy) is 2. The van der Waals surface area contributed by atoms with Gasteiger partial charge >= 0.3 is 5.97 Å². The van der Waals surface area contributed by atoms with Gasteiger partial charge in [-0.05, 0) is 11.6 Å². The van der Waals surface area contributed by atoms with Gasteiger partial charge in [0.15, 0.2) is 0 Å². The van der Waals surface area contributed by atoms with Crippen molar-refractivity contribution in [3.63, 3.8) is 0 Å². The number of rotatable bonds is 7. The number of fused-ring (bicyclic) bond motifs is 1. The highest BCUT2D eigenvalue weighted by Gasteiger charge is 2.17. The van der Waals surface area contributed by atoms with E-state index in [1.165, 1.54) is 19.2 Å². The van der Waals surface area contributed by atoms with Crippen LogP contribution in [0.1, 0.15) is 12.0 Å². The number of nitro benzene ring substituents is 1. The number of hydrogen-bond acceptors (Lipinski definition) is 6. The molecule has 0 fully saturated rings. The molecular weight excluding hydrogens is 338 g/mol. The summed E-state index contributed by atoms with van der Waals surface area (Å²) in [6, 6.07) is 14.1. The van der Waals surface area contributed by atoms with Crippen molar-refractivity contribution in [1.82, 2.24) is 9.78 Å². The molecule has 0 bridgehead atoms. The molecule has 2 aromatic carbocycles. The second kappa shape index (κ2) is 7.64. The van der Waals surface area contributed by atoms with Crippen molar-refractivity contribution in [2.24, 2.45) is 0 Å². The molecule has 8 nitrogen and oxygen atoms in total. The number of carbonyl (C=O) groups excluding carboxylic acids is 1. The molecule has 0 saturated carbocycles. The standard InChI is InChI=1S/C18H17N3O5/c1-25-17(22)9-10-26-18-15-11-14(21(23)24)7-8-16(15)19-20(18)12-13-5-3-2-4-6-13/h2-8,11H,9-10,12H2,1H3. The lowest BCUT2D eigenvalue weighted by atomic mass is 10.2. The van der Waals surface area contributed by atoms with Crippen LogP contribution in [0.2, 0.25) is 0 Å². The minimum atomic E-state index is -0.466. The second-order valence-corrected chi connectivity index (χ2v) is 5.58. The number of esters is 1. The molecule has 0 amide bonds. The van der Waals surface area contributed by atoms with Crippen molar-refractivity contribution in [2.45, 2.75) is 13.0 Å². The molecule has 0 aliphatic heterocycles. The molecule has 8 heteroatoms. The Bertz CT molecular complexity index is 937. The SMILES string of the molecule is COC(=O)CCOc1c2cc([N+](=O)[O-])ccc2nn1Cc1ccccc1. The smallest absolute Gasteiger partial charge is 0.308 e. The van der Waals surface area contributed by atoms with Gasteiger partial charge in [-0.3, -0.25) is 14.9 Å². The Morgan fingerprint density at radius 3 is 2.69 bits per heavy atom. The molecule has 0 atom stereocenters. The average molecular weight is 355 g/mol. The Kier molecular flexibility index (Phi) is 5.12. The lowest BCUT2D eigenvalue weighted by molar-refractivity contribution is -0.384. The fraction of sp³-hybridized carbons (Fsp3) is 0.222. The highest BCUT2D eigenvalue weighted by atomic mass is 16.6. The van der Waals surface area contributed by atoms with E-state index < -0.39 is 10.9 Å². The van der Waals surface area contributed by atoms with E-state index in [1.54, 1.807) is 10.7 Å². The lowest BCUT2D eigenvalue weighted by Gasteiger charge is -2.09. The van der Waals surface area contributed by atoms with E-state index in [-0.39, 0.29) is 18.7 Å². The molecule has 3 rings (SSSR count). The van der Waals surface area contributed by atoms with E-state index in [0.29, 0.717) is 23.3 Å². The van der Waals surface area contributed by atoms with Gasteiger partial charge in [0.05, 0.1) is 35.9 Å². The van der Waals surface area contributed by atoms with Crippen LogP contribution in [0.5, 0.6) is 5.88 Å². The van der Waals surface area contributed by atoms with Gasteiger partial charge in [0.2, 0.25) is 5.88 Å². The van der Waals surface area contributed by atoms with Crippen LogP contribution in [-0.4, -0.2) is 34.4 Å². The molecule has 0 N–H and O–H groups in total. The lowest BCUT2D eigenvalue weighted by Crippen LogP contribution is -2.11. The summed E-state index contributed by atoms with van der Waals surface area (Å²) in [6.45, 7) is 0.530. The maximum atomic E-state index is 11.3. The van der Waals surface area contributed by atoms with Crippen LogP contribution in [0.15, 0.2) is 48.5 Å². The summed E-state index contributed by atoms with van der Waals surface area (Å²) in [5.41, 5.74) is 1.54. The summed E-state index contributed by atoms with van der Waals surface area (Å²) < 4.78 is 12.0. The number of methoxy groups -OCH3 is 1. The van der Waals surface area contributed by atoms with Gasteiger partial charge < -0.3 is 9.47 Å². The molecule has 0 saturated heterocycles. The van der Waals surface area contributed by atoms with Gasteiger partial charge in [0.1, 0.15) is 6.61 Å². The molecule has 0 aliphatic rings. The van der Waals surface area contributed by atoms with Crippen molar-refractivity contribution < 1.29 is 19.2 Å². The maximum absolute atomic E-state index is 11.3. The van der Waals surface area contributed by atoms with Crippen molar-refractivity contribution in [3.05, 3.63) is 64.2 Å². The van der Waals surface area contributed by atoms with Gasteiger partial charge in [0, 0.05) is 12.1 Å². The monoisotopic (exact) mass is 355 g/mol. The largest absolute Gasteiger partial charge is 0.477 e. The fourth-order valence-electron chi connectivity index (χ4n) is 2.56. The van der Waals surface area contributed by atoms with Crippen molar-refractivity contribution in [2.75, 3.05) is 13.7 Å². The molecule has 0 radical (unpaired) electrons. The predicted molar refractivity (Wildman–Crippen MR) is 94.1 cm³/mol. The number of benzene rings is 2. The highest BCUT2D eigenvalue weighted by molar-refractivity contribution is 5.86. The quantitative estimate of drug-likeness (QED) is 0.367. The van der Waals surface area contributed by atoms with Crippen molar-refractivity contribution in [3.8, 4) is 5.88 Å². The molecule has 3 aromatic rings. The van der Waals surface area contributed by atoms with E-state index >= 15 is 0 Å². The van der Waals surface area contributed by atoms with E-state index in [4.69, 9.17) is 4.74 Å². The molecule has 134 valence electrons. The first-order valence-electron chi connectivity index (χ1n) is 7.97. The number of nitro groups is 1. The molecule has 26 heavy (non-hydrogen) atoms. The zero-order valence-electron chi connectivity index (χ0n) is 14.1. The third-order valence-electron chi connectivity index (χ3n) is 3.83. The van der Waals surface area contributed by atoms with E-state index in [2.05, 4.69) is 9.84 Å². The number of hydrogen-bond donors (Lipinski definition) is 0. The van der Waals surface area contributed by atoms with E-state index in [1.807, 2.05) is 30.3 Å². The first kappa shape index (κ1) is 17.4. The number of aromatic nitrogens is 2. The summed E-state index contributed by atoms with van der Waals surface area (Å²) in [5.74, 6) is -0.00846. The minimum absolute atomic E-state index is 0.0467. The molecule has 1 aromatic heterocycles. The molecular formula is C18H17N3O5. The average Bonchev–Trinajstić information content (AvgIpc) is 2.98. The first-order valence-corrected chi connectivity index (χ1v) is 7.97. The highest BCUT2D eigenvalue weighted by Crippen LogP contribution is 2.30. The first-order chi connectivity index (χ1) is 12.6. The Labute approximate surface area is 149 Å². The number of non-ortho nitro benzene ring substituents is 1. The summed E-state index contributed by atoms with van der Waals surface area (Å²) >= 11 is 0. The van der Waals surface area contributed by atoms with Crippen LogP contribution in [0.3, 0.4) is 0 Å². The van der Waals surface area contributed by atoms with Gasteiger partial charge in [-0.1, -0.05) is 30.3 Å². The van der Waals surface area contributed by atoms with Crippen LogP contribution >= 0.6 is 0 Å². The Balaban J connectivity index is 1.96. The third kappa shape index (κ3) is 3.80. The normalized spacial score (nSPS) is 10.7. The van der Waals surface area contributed by atoms with Crippen LogP contribution in [0.25, 0.3) is 10.9 Å². The third-order valence-corrected chi connectivity index (χ3v) is 3.83. The van der Waals surface area contributed by atoms with Crippen LogP contribution < -0.4 is 4.74 Å². The van der Waals surface area contributed by atoms with Gasteiger partial charge in [-0.15, -0.1) is 0 Å². The second-order valence-electron chi connectivity index (χ2n) is 5.58. The summed E-state index contributed by atoms with van der Waals surface area (Å²) in [6.07, 6.45) is 0.0729. The summed E-state index contributed by atoms with van der Waals surface area (Å²) in [4.78, 5) is 21.9. The fourth-order valence-corrected chi connectivity index (χ4v) is 2.56. The predicted octanol–water partition coefficient (Wildman–Crippen LogP) is 2.93. The van der Waals surface area contributed by atoms with Crippen LogP contribution in [0.4, 0.5) is 5.69 Å². The van der Waals surface area contributed by atoms with Crippen LogP contribution in [0, 0.1) is 10.1 Å². The minimum Gasteiger partial charge on any atom is -0.477 e. The van der Waals surface area contributed by atoms with Crippen molar-refractivity contribution >= 4 is 22.6 Å². The van der Waals surface area contributed by atoms with E-state index in [9.17, 15) is 14.9 Å². The summed E-state index contributed by atoms with van der Waals surface area (Å²) in [5, 5.41) is 16.1. The Morgan fingerprint density at radius 1 is 1.23 bits per heavy atom. The van der Waals surface area contributed by atoms with E-state index in [0.717, 1.165) is 5.56 Å². The maximum Gasteiger partial charge on any atom is 0.308 e. The molecule has 0 spiro atoms. The van der Waals surface area contributed by atoms with Crippen LogP contribution in [-0.2, 0) is 16.1 Å². The number of nitrogens with zero attached hydrogens (tertiary/aromatic N) is 3. The molecule has 0 aliphatic carbocycles. The van der Waals surface area contributed by atoms with Crippen molar-refractivity contribution in [1.29, 1.82) is 0 Å². The zero-order valence-corrected chi connectivity index (χ0v) is 14.1. The van der Waals surface area contributed by atoms with Gasteiger partial charge in [-0.25, -0.2) is 4.68 Å². The van der Waals surface area contributed by atoms with Gasteiger partial charge in [0.25, 0.3) is 5.69 Å². The Hall–Kier alpha value is -3.42.